The van der Waals surface area contributed by atoms with E-state index in [0.29, 0.717) is 6.42 Å². The summed E-state index contributed by atoms with van der Waals surface area (Å²) < 4.78 is 6.52. The summed E-state index contributed by atoms with van der Waals surface area (Å²) in [6, 6.07) is 5.81. The average molecular weight is 312 g/mol. The molecule has 0 spiro atoms. The molecule has 1 N–H and O–H groups in total. The lowest BCUT2D eigenvalue weighted by Gasteiger charge is -2.11. The van der Waals surface area contributed by atoms with Crippen LogP contribution in [0, 0.1) is 6.92 Å². The summed E-state index contributed by atoms with van der Waals surface area (Å²) in [5.41, 5.74) is 1.93. The zero-order valence-corrected chi connectivity index (χ0v) is 12.1. The van der Waals surface area contributed by atoms with Crippen molar-refractivity contribution in [3.05, 3.63) is 28.2 Å². The molecule has 1 aliphatic rings. The van der Waals surface area contributed by atoms with Gasteiger partial charge in [-0.2, -0.15) is 0 Å². The van der Waals surface area contributed by atoms with Gasteiger partial charge in [0, 0.05) is 23.2 Å². The first-order valence-electron chi connectivity index (χ1n) is 6.33. The summed E-state index contributed by atoms with van der Waals surface area (Å²) >= 11 is 3.46. The minimum atomic E-state index is 0.0618. The number of hydrogen-bond acceptors (Lipinski definition) is 2. The van der Waals surface area contributed by atoms with E-state index in [9.17, 15) is 4.79 Å². The molecule has 1 heterocycles. The first-order valence-corrected chi connectivity index (χ1v) is 7.12. The van der Waals surface area contributed by atoms with Gasteiger partial charge < -0.3 is 10.1 Å². The van der Waals surface area contributed by atoms with Crippen LogP contribution in [-0.4, -0.2) is 18.6 Å². The maximum absolute atomic E-state index is 11.9. The van der Waals surface area contributed by atoms with Crippen LogP contribution in [0.15, 0.2) is 22.7 Å². The average Bonchev–Trinajstić information content (AvgIpc) is 2.86. The Balaban J connectivity index is 1.84. The highest BCUT2D eigenvalue weighted by Crippen LogP contribution is 2.24. The van der Waals surface area contributed by atoms with Gasteiger partial charge in [0.2, 0.25) is 5.91 Å². The summed E-state index contributed by atoms with van der Waals surface area (Å²) in [6.07, 6.45) is 3.83. The molecule has 1 aliphatic heterocycles. The van der Waals surface area contributed by atoms with E-state index in [2.05, 4.69) is 21.2 Å². The zero-order valence-electron chi connectivity index (χ0n) is 10.5. The van der Waals surface area contributed by atoms with Crippen LogP contribution in [0.25, 0.3) is 0 Å². The monoisotopic (exact) mass is 311 g/mol. The number of anilines is 1. The third kappa shape index (κ3) is 3.56. The Labute approximate surface area is 116 Å². The number of carbonyl (C=O) groups excluding carboxylic acids is 1. The SMILES string of the molecule is Cc1c(Br)cccc1NC(=O)CCC1CCCO1. The molecule has 1 aromatic carbocycles. The van der Waals surface area contributed by atoms with Crippen molar-refractivity contribution in [1.82, 2.24) is 0 Å². The number of halogens is 1. The van der Waals surface area contributed by atoms with E-state index in [0.717, 1.165) is 41.6 Å². The number of rotatable bonds is 4. The second-order valence-corrected chi connectivity index (χ2v) is 5.49. The van der Waals surface area contributed by atoms with E-state index in [4.69, 9.17) is 4.74 Å². The van der Waals surface area contributed by atoms with Gasteiger partial charge in [0.1, 0.15) is 0 Å². The third-order valence-electron chi connectivity index (χ3n) is 3.26. The first-order chi connectivity index (χ1) is 8.66. The van der Waals surface area contributed by atoms with Crippen molar-refractivity contribution in [3.63, 3.8) is 0 Å². The third-order valence-corrected chi connectivity index (χ3v) is 4.12. The second-order valence-electron chi connectivity index (χ2n) is 4.63. The molecule has 3 nitrogen and oxygen atoms in total. The Kier molecular flexibility index (Phi) is 4.78. The molecule has 98 valence electrons. The molecule has 1 atom stereocenters. The molecular formula is C14H18BrNO2. The largest absolute Gasteiger partial charge is 0.378 e. The Morgan fingerprint density at radius 1 is 1.56 bits per heavy atom. The highest BCUT2D eigenvalue weighted by atomic mass is 79.9. The summed E-state index contributed by atoms with van der Waals surface area (Å²) in [5, 5.41) is 2.95. The molecule has 4 heteroatoms. The van der Waals surface area contributed by atoms with Gasteiger partial charge in [0.25, 0.3) is 0 Å². The molecule has 0 aromatic heterocycles. The Hall–Kier alpha value is -0.870. The lowest BCUT2D eigenvalue weighted by molar-refractivity contribution is -0.116. The molecular weight excluding hydrogens is 294 g/mol. The molecule has 1 aromatic rings. The number of benzene rings is 1. The van der Waals surface area contributed by atoms with E-state index in [-0.39, 0.29) is 12.0 Å². The fourth-order valence-electron chi connectivity index (χ4n) is 2.12. The van der Waals surface area contributed by atoms with E-state index in [1.807, 2.05) is 25.1 Å². The van der Waals surface area contributed by atoms with Gasteiger partial charge in [-0.3, -0.25) is 4.79 Å². The minimum absolute atomic E-state index is 0.0618. The molecule has 1 fully saturated rings. The van der Waals surface area contributed by atoms with Crippen molar-refractivity contribution in [2.45, 2.75) is 38.7 Å². The predicted molar refractivity (Wildman–Crippen MR) is 75.7 cm³/mol. The van der Waals surface area contributed by atoms with Crippen molar-refractivity contribution in [2.75, 3.05) is 11.9 Å². The van der Waals surface area contributed by atoms with Crippen molar-refractivity contribution in [1.29, 1.82) is 0 Å². The molecule has 2 rings (SSSR count). The maximum atomic E-state index is 11.9. The van der Waals surface area contributed by atoms with Crippen LogP contribution < -0.4 is 5.32 Å². The van der Waals surface area contributed by atoms with Crippen molar-refractivity contribution >= 4 is 27.5 Å². The van der Waals surface area contributed by atoms with Gasteiger partial charge in [-0.15, -0.1) is 0 Å². The van der Waals surface area contributed by atoms with Gasteiger partial charge in [-0.05, 0) is 43.9 Å². The molecule has 18 heavy (non-hydrogen) atoms. The highest BCUT2D eigenvalue weighted by Gasteiger charge is 2.16. The molecule has 0 saturated carbocycles. The summed E-state index contributed by atoms with van der Waals surface area (Å²) in [7, 11) is 0. The summed E-state index contributed by atoms with van der Waals surface area (Å²) in [4.78, 5) is 11.9. The van der Waals surface area contributed by atoms with E-state index in [1.54, 1.807) is 0 Å². The summed E-state index contributed by atoms with van der Waals surface area (Å²) in [5.74, 6) is 0.0618. The number of ether oxygens (including phenoxy) is 1. The zero-order chi connectivity index (χ0) is 13.0. The molecule has 0 radical (unpaired) electrons. The van der Waals surface area contributed by atoms with E-state index in [1.165, 1.54) is 0 Å². The topological polar surface area (TPSA) is 38.3 Å². The molecule has 1 saturated heterocycles. The Morgan fingerprint density at radius 2 is 2.39 bits per heavy atom. The Morgan fingerprint density at radius 3 is 3.11 bits per heavy atom. The number of hydrogen-bond donors (Lipinski definition) is 1. The van der Waals surface area contributed by atoms with Crippen LogP contribution in [0.1, 0.15) is 31.2 Å². The number of carbonyl (C=O) groups is 1. The van der Waals surface area contributed by atoms with Gasteiger partial charge in [0.15, 0.2) is 0 Å². The van der Waals surface area contributed by atoms with Crippen molar-refractivity contribution in [3.8, 4) is 0 Å². The standard InChI is InChI=1S/C14H18BrNO2/c1-10-12(15)5-2-6-13(10)16-14(17)8-7-11-4-3-9-18-11/h2,5-6,11H,3-4,7-9H2,1H3,(H,16,17). The number of nitrogens with one attached hydrogen (secondary N) is 1. The lowest BCUT2D eigenvalue weighted by Crippen LogP contribution is -2.15. The van der Waals surface area contributed by atoms with E-state index >= 15 is 0 Å². The van der Waals surface area contributed by atoms with Crippen LogP contribution in [0.4, 0.5) is 5.69 Å². The Bertz CT molecular complexity index is 428. The normalized spacial score (nSPS) is 18.9. The van der Waals surface area contributed by atoms with Crippen LogP contribution in [0.2, 0.25) is 0 Å². The predicted octanol–water partition coefficient (Wildman–Crippen LogP) is 3.66. The van der Waals surface area contributed by atoms with Crippen LogP contribution in [0.5, 0.6) is 0 Å². The lowest BCUT2D eigenvalue weighted by atomic mass is 10.1. The van der Waals surface area contributed by atoms with Crippen molar-refractivity contribution < 1.29 is 9.53 Å². The molecule has 0 aliphatic carbocycles. The van der Waals surface area contributed by atoms with Crippen molar-refractivity contribution in [2.24, 2.45) is 0 Å². The molecule has 1 unspecified atom stereocenters. The first kappa shape index (κ1) is 13.6. The van der Waals surface area contributed by atoms with E-state index < -0.39 is 0 Å². The molecule has 0 bridgehead atoms. The van der Waals surface area contributed by atoms with Gasteiger partial charge in [0.05, 0.1) is 6.10 Å². The van der Waals surface area contributed by atoms with Crippen LogP contribution in [-0.2, 0) is 9.53 Å². The fraction of sp³-hybridized carbons (Fsp3) is 0.500. The van der Waals surface area contributed by atoms with Gasteiger partial charge >= 0.3 is 0 Å². The highest BCUT2D eigenvalue weighted by molar-refractivity contribution is 9.10. The van der Waals surface area contributed by atoms with Crippen LogP contribution in [0.3, 0.4) is 0 Å². The fourth-order valence-corrected chi connectivity index (χ4v) is 2.49. The summed E-state index contributed by atoms with van der Waals surface area (Å²) in [6.45, 7) is 2.83. The van der Waals surface area contributed by atoms with Gasteiger partial charge in [-0.25, -0.2) is 0 Å². The number of amides is 1. The maximum Gasteiger partial charge on any atom is 0.224 e. The van der Waals surface area contributed by atoms with Gasteiger partial charge in [-0.1, -0.05) is 22.0 Å². The minimum Gasteiger partial charge on any atom is -0.378 e. The quantitative estimate of drug-likeness (QED) is 0.921. The second kappa shape index (κ2) is 6.34. The van der Waals surface area contributed by atoms with Crippen LogP contribution >= 0.6 is 15.9 Å². The smallest absolute Gasteiger partial charge is 0.224 e. The molecule has 1 amide bonds.